The highest BCUT2D eigenvalue weighted by molar-refractivity contribution is 6.19. The van der Waals surface area contributed by atoms with Gasteiger partial charge in [0.1, 0.15) is 11.3 Å². The van der Waals surface area contributed by atoms with Gasteiger partial charge < -0.3 is 9.47 Å². The molecule has 0 saturated heterocycles. The van der Waals surface area contributed by atoms with Crippen molar-refractivity contribution in [2.24, 2.45) is 4.99 Å². The number of hydrogen-bond acceptors (Lipinski definition) is 6. The van der Waals surface area contributed by atoms with Crippen molar-refractivity contribution in [3.8, 4) is 11.8 Å². The summed E-state index contributed by atoms with van der Waals surface area (Å²) >= 11 is 0. The zero-order valence-corrected chi connectivity index (χ0v) is 12.9. The molecule has 1 atom stereocenters. The van der Waals surface area contributed by atoms with Crippen LogP contribution in [0, 0.1) is 11.3 Å². The molecule has 0 spiro atoms. The first-order valence-electron chi connectivity index (χ1n) is 7.06. The van der Waals surface area contributed by atoms with Crippen molar-refractivity contribution in [2.45, 2.75) is 19.4 Å². The lowest BCUT2D eigenvalue weighted by molar-refractivity contribution is -0.140. The van der Waals surface area contributed by atoms with Gasteiger partial charge in [0.25, 0.3) is 0 Å². The Bertz CT molecular complexity index is 723. The van der Waals surface area contributed by atoms with E-state index in [9.17, 15) is 9.59 Å². The zero-order chi connectivity index (χ0) is 16.8. The summed E-state index contributed by atoms with van der Waals surface area (Å²) in [6.45, 7) is 1.51. The second-order valence-electron chi connectivity index (χ2n) is 4.97. The smallest absolute Gasteiger partial charge is 0.341 e. The summed E-state index contributed by atoms with van der Waals surface area (Å²) in [7, 11) is 1.45. The molecule has 23 heavy (non-hydrogen) atoms. The number of nitrogens with zero attached hydrogens (tertiary/aromatic N) is 2. The number of hydrogen-bond donors (Lipinski definition) is 0. The van der Waals surface area contributed by atoms with Gasteiger partial charge in [-0.2, -0.15) is 5.26 Å². The third kappa shape index (κ3) is 4.51. The Kier molecular flexibility index (Phi) is 5.26. The van der Waals surface area contributed by atoms with Gasteiger partial charge in [-0.15, -0.1) is 0 Å². The number of aliphatic imine (C=N–C) groups is 1. The minimum absolute atomic E-state index is 0.0651. The molecule has 118 valence electrons. The van der Waals surface area contributed by atoms with E-state index in [2.05, 4.69) is 4.99 Å². The summed E-state index contributed by atoms with van der Waals surface area (Å²) in [4.78, 5) is 27.7. The van der Waals surface area contributed by atoms with E-state index in [-0.39, 0.29) is 18.2 Å². The van der Waals surface area contributed by atoms with E-state index in [0.717, 1.165) is 0 Å². The molecule has 1 heterocycles. The quantitative estimate of drug-likeness (QED) is 0.332. The van der Waals surface area contributed by atoms with E-state index in [1.807, 2.05) is 6.07 Å². The van der Waals surface area contributed by atoms with Gasteiger partial charge in [0, 0.05) is 18.2 Å². The Morgan fingerprint density at radius 1 is 1.43 bits per heavy atom. The fourth-order valence-electron chi connectivity index (χ4n) is 1.92. The lowest BCUT2D eigenvalue weighted by Gasteiger charge is -2.08. The topological polar surface area (TPSA) is 88.8 Å². The van der Waals surface area contributed by atoms with Crippen LogP contribution in [0.3, 0.4) is 0 Å². The SMILES string of the molecule is COc1cc(C#N)ccc1/C=C(/C(C)=O)C(=O)OCCC1C=N1. The van der Waals surface area contributed by atoms with Crippen LogP contribution in [-0.2, 0) is 14.3 Å². The van der Waals surface area contributed by atoms with Crippen molar-refractivity contribution < 1.29 is 19.1 Å². The van der Waals surface area contributed by atoms with Gasteiger partial charge in [-0.25, -0.2) is 4.79 Å². The summed E-state index contributed by atoms with van der Waals surface area (Å²) in [6.07, 6.45) is 3.81. The first-order chi connectivity index (χ1) is 11.0. The van der Waals surface area contributed by atoms with E-state index in [1.54, 1.807) is 24.4 Å². The van der Waals surface area contributed by atoms with E-state index in [0.29, 0.717) is 23.3 Å². The molecule has 1 aliphatic rings. The van der Waals surface area contributed by atoms with Gasteiger partial charge >= 0.3 is 5.97 Å². The van der Waals surface area contributed by atoms with Crippen LogP contribution in [0.4, 0.5) is 0 Å². The molecule has 0 bridgehead atoms. The van der Waals surface area contributed by atoms with Gasteiger partial charge in [0.15, 0.2) is 5.78 Å². The minimum Gasteiger partial charge on any atom is -0.496 e. The average Bonchev–Trinajstić information content (AvgIpc) is 3.36. The van der Waals surface area contributed by atoms with Gasteiger partial charge in [-0.3, -0.25) is 9.79 Å². The second kappa shape index (κ2) is 7.36. The van der Waals surface area contributed by atoms with Crippen molar-refractivity contribution in [1.82, 2.24) is 0 Å². The Hall–Kier alpha value is -2.94. The number of methoxy groups -OCH3 is 1. The molecule has 1 aliphatic heterocycles. The summed E-state index contributed by atoms with van der Waals surface area (Å²) in [6, 6.07) is 6.90. The lowest BCUT2D eigenvalue weighted by Crippen LogP contribution is -2.15. The van der Waals surface area contributed by atoms with Crippen LogP contribution in [0.25, 0.3) is 6.08 Å². The lowest BCUT2D eigenvalue weighted by atomic mass is 10.1. The molecule has 0 radical (unpaired) electrons. The molecule has 6 nitrogen and oxygen atoms in total. The highest BCUT2D eigenvalue weighted by Crippen LogP contribution is 2.23. The third-order valence-corrected chi connectivity index (χ3v) is 3.27. The number of ketones is 1. The zero-order valence-electron chi connectivity index (χ0n) is 12.9. The normalized spacial score (nSPS) is 15.7. The van der Waals surface area contributed by atoms with E-state index in [4.69, 9.17) is 14.7 Å². The number of carbonyl (C=O) groups excluding carboxylic acids is 2. The van der Waals surface area contributed by atoms with Crippen LogP contribution in [-0.4, -0.2) is 37.7 Å². The van der Waals surface area contributed by atoms with Crippen molar-refractivity contribution in [1.29, 1.82) is 5.26 Å². The monoisotopic (exact) mass is 312 g/mol. The molecule has 6 heteroatoms. The molecule has 2 rings (SSSR count). The Morgan fingerprint density at radius 2 is 2.17 bits per heavy atom. The molecular formula is C17H16N2O4. The van der Waals surface area contributed by atoms with Crippen molar-refractivity contribution in [3.63, 3.8) is 0 Å². The first-order valence-corrected chi connectivity index (χ1v) is 7.06. The summed E-state index contributed by atoms with van der Waals surface area (Å²) in [5, 5.41) is 8.89. The van der Waals surface area contributed by atoms with Crippen LogP contribution in [0.5, 0.6) is 5.75 Å². The first kappa shape index (κ1) is 16.4. The Labute approximate surface area is 134 Å². The molecule has 0 saturated carbocycles. The summed E-state index contributed by atoms with van der Waals surface area (Å²) < 4.78 is 10.3. The number of nitriles is 1. The van der Waals surface area contributed by atoms with Crippen LogP contribution in [0.15, 0.2) is 28.8 Å². The van der Waals surface area contributed by atoms with Crippen LogP contribution in [0.2, 0.25) is 0 Å². The maximum Gasteiger partial charge on any atom is 0.341 e. The number of carbonyl (C=O) groups is 2. The molecule has 0 fully saturated rings. The molecule has 1 aromatic carbocycles. The van der Waals surface area contributed by atoms with Crippen molar-refractivity contribution in [3.05, 3.63) is 34.9 Å². The number of esters is 1. The third-order valence-electron chi connectivity index (χ3n) is 3.27. The Balaban J connectivity index is 2.18. The van der Waals surface area contributed by atoms with Gasteiger partial charge in [0.05, 0.1) is 31.4 Å². The Morgan fingerprint density at radius 3 is 2.74 bits per heavy atom. The van der Waals surface area contributed by atoms with Gasteiger partial charge in [-0.1, -0.05) is 0 Å². The van der Waals surface area contributed by atoms with Crippen LogP contribution < -0.4 is 4.74 Å². The van der Waals surface area contributed by atoms with Crippen LogP contribution >= 0.6 is 0 Å². The average molecular weight is 312 g/mol. The molecule has 0 amide bonds. The van der Waals surface area contributed by atoms with Crippen molar-refractivity contribution in [2.75, 3.05) is 13.7 Å². The fourth-order valence-corrected chi connectivity index (χ4v) is 1.92. The number of Topliss-reactive ketones (excluding diaryl/α,β-unsaturated/α-hetero) is 1. The number of ether oxygens (including phenoxy) is 2. The van der Waals surface area contributed by atoms with Crippen molar-refractivity contribution >= 4 is 24.0 Å². The maximum atomic E-state index is 12.1. The number of benzene rings is 1. The maximum absolute atomic E-state index is 12.1. The standard InChI is InChI=1S/C17H16N2O4/c1-11(20)15(17(21)23-6-5-14-10-19-14)8-13-4-3-12(9-18)7-16(13)22-2/h3-4,7-8,10,14H,5-6H2,1-2H3/b15-8-. The fraction of sp³-hybridized carbons (Fsp3) is 0.294. The summed E-state index contributed by atoms with van der Waals surface area (Å²) in [5.74, 6) is -0.671. The molecule has 0 N–H and O–H groups in total. The predicted molar refractivity (Wildman–Crippen MR) is 84.2 cm³/mol. The predicted octanol–water partition coefficient (Wildman–Crippen LogP) is 1.93. The highest BCUT2D eigenvalue weighted by atomic mass is 16.5. The van der Waals surface area contributed by atoms with Gasteiger partial charge in [0.2, 0.25) is 0 Å². The van der Waals surface area contributed by atoms with E-state index >= 15 is 0 Å². The largest absolute Gasteiger partial charge is 0.496 e. The molecule has 1 aromatic rings. The molecule has 1 unspecified atom stereocenters. The molecule has 0 aliphatic carbocycles. The van der Waals surface area contributed by atoms with E-state index < -0.39 is 11.8 Å². The summed E-state index contributed by atoms with van der Waals surface area (Å²) in [5.41, 5.74) is 0.888. The minimum atomic E-state index is -0.676. The molecular weight excluding hydrogens is 296 g/mol. The molecule has 0 aromatic heterocycles. The second-order valence-corrected chi connectivity index (χ2v) is 4.97. The number of rotatable bonds is 7. The van der Waals surface area contributed by atoms with Crippen LogP contribution in [0.1, 0.15) is 24.5 Å². The van der Waals surface area contributed by atoms with E-state index in [1.165, 1.54) is 20.1 Å². The van der Waals surface area contributed by atoms with Gasteiger partial charge in [-0.05, 0) is 31.2 Å². The highest BCUT2D eigenvalue weighted by Gasteiger charge is 2.19.